The highest BCUT2D eigenvalue weighted by Crippen LogP contribution is 2.15. The highest BCUT2D eigenvalue weighted by molar-refractivity contribution is 8.97. The van der Waals surface area contributed by atoms with E-state index in [4.69, 9.17) is 13.7 Å². The van der Waals surface area contributed by atoms with Crippen molar-refractivity contribution in [2.45, 2.75) is 0 Å². The van der Waals surface area contributed by atoms with Gasteiger partial charge in [-0.2, -0.15) is 4.21 Å². The van der Waals surface area contributed by atoms with Crippen LogP contribution in [0.25, 0.3) is 0 Å². The van der Waals surface area contributed by atoms with Crippen molar-refractivity contribution in [2.75, 3.05) is 0 Å². The second-order valence-electron chi connectivity index (χ2n) is 1.34. The molecule has 0 aliphatic rings. The normalized spacial score (nSPS) is 16.0. The highest BCUT2D eigenvalue weighted by atomic mass is 33.6. The average Bonchev–Trinajstić information content (AvgIpc) is 1.77. The van der Waals surface area contributed by atoms with E-state index in [-0.39, 0.29) is 0 Å². The third-order valence-corrected chi connectivity index (χ3v) is 8.21. The molecule has 1 unspecified atom stereocenters. The maximum atomic E-state index is 10.2. The van der Waals surface area contributed by atoms with Gasteiger partial charge in [-0.25, -0.2) is 9.11 Å². The van der Waals surface area contributed by atoms with E-state index in [0.717, 1.165) is 0 Å². The lowest BCUT2D eigenvalue weighted by molar-refractivity contribution is 0.467. The van der Waals surface area contributed by atoms with Crippen molar-refractivity contribution in [3.63, 3.8) is 0 Å². The van der Waals surface area contributed by atoms with Crippen molar-refractivity contribution >= 4 is 38.9 Å². The van der Waals surface area contributed by atoms with Crippen molar-refractivity contribution in [3.05, 3.63) is 0 Å². The van der Waals surface area contributed by atoms with E-state index in [1.807, 2.05) is 0 Å². The standard InChI is InChI=1S/H2O9S4/c1-10(2)9-11(12(3,4)5)13(6,7)8/h(H2-,1,2,3,4,5,6,7,8)/p+1. The Morgan fingerprint density at radius 2 is 1.38 bits per heavy atom. The quantitative estimate of drug-likeness (QED) is 0.235. The summed E-state index contributed by atoms with van der Waals surface area (Å²) < 4.78 is 78.1. The summed E-state index contributed by atoms with van der Waals surface area (Å²) in [6, 6.07) is 0. The summed E-state index contributed by atoms with van der Waals surface area (Å²) >= 11 is -3.25. The second-order valence-corrected chi connectivity index (χ2v) is 9.42. The molecule has 0 aliphatic carbocycles. The van der Waals surface area contributed by atoms with Gasteiger partial charge >= 0.3 is 38.9 Å². The Balaban J connectivity index is 5.15. The SMILES string of the molecule is O=S(O)O[S+](S(=O)(=O)O)S(=O)(=O)O. The number of hydrogen-bond donors (Lipinski definition) is 3. The first-order valence-electron chi connectivity index (χ1n) is 2.05. The van der Waals surface area contributed by atoms with Crippen LogP contribution < -0.4 is 0 Å². The fourth-order valence-electron chi connectivity index (χ4n) is 0.226. The molecular formula is H3O9S4+. The minimum absolute atomic E-state index is 3.25. The van der Waals surface area contributed by atoms with Crippen LogP contribution in [0, 0.1) is 0 Å². The molecule has 0 aromatic carbocycles. The molecule has 0 aromatic rings. The van der Waals surface area contributed by atoms with Gasteiger partial charge in [0.15, 0.2) is 0 Å². The second kappa shape index (κ2) is 4.18. The maximum absolute atomic E-state index is 10.2. The fraction of sp³-hybridized carbons (Fsp3) is 0. The van der Waals surface area contributed by atoms with Gasteiger partial charge in [-0.3, -0.25) is 4.55 Å². The molecule has 0 rings (SSSR count). The van der Waals surface area contributed by atoms with Crippen LogP contribution in [0.2, 0.25) is 0 Å². The fourth-order valence-corrected chi connectivity index (χ4v) is 6.11. The monoisotopic (exact) mass is 275 g/mol. The summed E-state index contributed by atoms with van der Waals surface area (Å²) in [4.78, 5) is 0. The Morgan fingerprint density at radius 3 is 1.46 bits per heavy atom. The molecule has 13 heavy (non-hydrogen) atoms. The Morgan fingerprint density at radius 1 is 1.08 bits per heavy atom. The Bertz CT molecular complexity index is 349. The minimum Gasteiger partial charge on any atom is -0.281 e. The smallest absolute Gasteiger partial charge is 0.281 e. The van der Waals surface area contributed by atoms with Crippen molar-refractivity contribution in [1.82, 2.24) is 0 Å². The van der Waals surface area contributed by atoms with Crippen molar-refractivity contribution in [1.29, 1.82) is 0 Å². The molecule has 0 aromatic heterocycles. The molecule has 0 spiro atoms. The van der Waals surface area contributed by atoms with Crippen LogP contribution in [0.5, 0.6) is 0 Å². The summed E-state index contributed by atoms with van der Waals surface area (Å²) in [5, 5.41) is 0. The molecule has 0 fully saturated rings. The van der Waals surface area contributed by atoms with Gasteiger partial charge in [0, 0.05) is 0 Å². The third-order valence-electron chi connectivity index (χ3n) is 0.458. The first-order chi connectivity index (χ1) is 5.55. The molecule has 80 valence electrons. The van der Waals surface area contributed by atoms with Gasteiger partial charge in [-0.1, -0.05) is 0 Å². The predicted molar refractivity (Wildman–Crippen MR) is 42.3 cm³/mol. The lowest BCUT2D eigenvalue weighted by Gasteiger charge is -1.92. The van der Waals surface area contributed by atoms with E-state index in [9.17, 15) is 21.0 Å². The minimum atomic E-state index is -5.30. The van der Waals surface area contributed by atoms with Crippen LogP contribution in [0.3, 0.4) is 0 Å². The molecular weight excluding hydrogens is 272 g/mol. The summed E-state index contributed by atoms with van der Waals surface area (Å²) in [5.74, 6) is 0. The van der Waals surface area contributed by atoms with E-state index >= 15 is 0 Å². The first-order valence-corrected chi connectivity index (χ1v) is 8.14. The van der Waals surface area contributed by atoms with Crippen LogP contribution in [0.15, 0.2) is 0 Å². The summed E-state index contributed by atoms with van der Waals surface area (Å²) in [6.07, 6.45) is 0. The van der Waals surface area contributed by atoms with Gasteiger partial charge in [-0.05, 0) is 3.63 Å². The molecule has 3 N–H and O–H groups in total. The molecule has 13 heteroatoms. The molecule has 0 aliphatic heterocycles. The van der Waals surface area contributed by atoms with E-state index in [1.165, 1.54) is 0 Å². The van der Waals surface area contributed by atoms with Gasteiger partial charge in [0.1, 0.15) is 0 Å². The predicted octanol–water partition coefficient (Wildman–Crippen LogP) is -1.72. The molecule has 1 atom stereocenters. The number of rotatable bonds is 4. The summed E-state index contributed by atoms with van der Waals surface area (Å²) in [7, 11) is -14.1. The lowest BCUT2D eigenvalue weighted by Crippen LogP contribution is -2.27. The highest BCUT2D eigenvalue weighted by Gasteiger charge is 2.54. The van der Waals surface area contributed by atoms with Gasteiger partial charge in [0.2, 0.25) is 0 Å². The first kappa shape index (κ1) is 13.2. The topological polar surface area (TPSA) is 155 Å². The molecule has 0 saturated carbocycles. The van der Waals surface area contributed by atoms with Crippen LogP contribution in [-0.4, -0.2) is 34.7 Å². The van der Waals surface area contributed by atoms with Crippen LogP contribution in [0.4, 0.5) is 0 Å². The van der Waals surface area contributed by atoms with Gasteiger partial charge < -0.3 is 0 Å². The van der Waals surface area contributed by atoms with Crippen molar-refractivity contribution in [2.24, 2.45) is 0 Å². The third kappa shape index (κ3) is 4.87. The molecule has 0 heterocycles. The Kier molecular flexibility index (Phi) is 4.25. The van der Waals surface area contributed by atoms with Crippen LogP contribution in [-0.2, 0) is 42.5 Å². The molecule has 0 radical (unpaired) electrons. The van der Waals surface area contributed by atoms with Gasteiger partial charge in [-0.15, -0.1) is 16.8 Å². The van der Waals surface area contributed by atoms with Gasteiger partial charge in [0.25, 0.3) is 0 Å². The van der Waals surface area contributed by atoms with E-state index < -0.39 is 38.9 Å². The largest absolute Gasteiger partial charge is 0.503 e. The zero-order chi connectivity index (χ0) is 10.9. The number of hydrogen-bond acceptors (Lipinski definition) is 6. The zero-order valence-corrected chi connectivity index (χ0v) is 8.69. The van der Waals surface area contributed by atoms with E-state index in [0.29, 0.717) is 0 Å². The maximum Gasteiger partial charge on any atom is 0.503 e. The van der Waals surface area contributed by atoms with Crippen LogP contribution in [0.1, 0.15) is 0 Å². The average molecular weight is 275 g/mol. The molecule has 0 bridgehead atoms. The van der Waals surface area contributed by atoms with E-state index in [1.54, 1.807) is 0 Å². The summed E-state index contributed by atoms with van der Waals surface area (Å²) in [5.41, 5.74) is 0. The van der Waals surface area contributed by atoms with Crippen molar-refractivity contribution < 1.29 is 38.3 Å². The lowest BCUT2D eigenvalue weighted by atomic mass is 15.8. The Labute approximate surface area is 77.4 Å². The molecule has 9 nitrogen and oxygen atoms in total. The summed E-state index contributed by atoms with van der Waals surface area (Å²) in [6.45, 7) is 0. The molecule has 0 saturated heterocycles. The van der Waals surface area contributed by atoms with E-state index in [2.05, 4.69) is 3.63 Å². The Hall–Kier alpha value is 0.240. The van der Waals surface area contributed by atoms with Crippen LogP contribution >= 0.6 is 0 Å². The van der Waals surface area contributed by atoms with Gasteiger partial charge in [0.05, 0.1) is 0 Å². The van der Waals surface area contributed by atoms with Crippen molar-refractivity contribution in [3.8, 4) is 0 Å². The molecule has 0 amide bonds. The zero-order valence-electron chi connectivity index (χ0n) is 5.42.